The Morgan fingerprint density at radius 3 is 2.67 bits per heavy atom. The number of nitrogens with one attached hydrogen (secondary N) is 2. The summed E-state index contributed by atoms with van der Waals surface area (Å²) >= 11 is 5.86. The van der Waals surface area contributed by atoms with Gasteiger partial charge in [0.25, 0.3) is 0 Å². The molecule has 2 amide bonds. The van der Waals surface area contributed by atoms with E-state index in [1.165, 1.54) is 12.8 Å². The second-order valence-electron chi connectivity index (χ2n) is 5.83. The molecule has 1 aliphatic rings. The van der Waals surface area contributed by atoms with Crippen LogP contribution in [0.4, 0.5) is 10.5 Å². The third kappa shape index (κ3) is 4.90. The van der Waals surface area contributed by atoms with Crippen LogP contribution in [0.15, 0.2) is 24.3 Å². The maximum atomic E-state index is 12.5. The van der Waals surface area contributed by atoms with Gasteiger partial charge in [0, 0.05) is 29.3 Å². The van der Waals surface area contributed by atoms with E-state index >= 15 is 0 Å². The van der Waals surface area contributed by atoms with Gasteiger partial charge in [0.15, 0.2) is 0 Å². The molecule has 0 spiro atoms. The minimum absolute atomic E-state index is 0.0558. The summed E-state index contributed by atoms with van der Waals surface area (Å²) in [5.74, 6) is 0. The molecule has 1 aromatic carbocycles. The van der Waals surface area contributed by atoms with Gasteiger partial charge in [0.2, 0.25) is 0 Å². The number of hydrogen-bond donors (Lipinski definition) is 2. The van der Waals surface area contributed by atoms with Crippen LogP contribution in [0.2, 0.25) is 5.02 Å². The molecule has 116 valence electrons. The largest absolute Gasteiger partial charge is 0.322 e. The van der Waals surface area contributed by atoms with Crippen LogP contribution in [0.25, 0.3) is 0 Å². The quantitative estimate of drug-likeness (QED) is 0.890. The maximum Gasteiger partial charge on any atom is 0.322 e. The molecule has 1 aromatic rings. The van der Waals surface area contributed by atoms with Crippen LogP contribution in [-0.2, 0) is 0 Å². The van der Waals surface area contributed by atoms with Gasteiger partial charge < -0.3 is 15.5 Å². The summed E-state index contributed by atoms with van der Waals surface area (Å²) in [4.78, 5) is 14.4. The van der Waals surface area contributed by atoms with Gasteiger partial charge in [-0.15, -0.1) is 0 Å². The van der Waals surface area contributed by atoms with E-state index in [2.05, 4.69) is 10.6 Å². The highest BCUT2D eigenvalue weighted by molar-refractivity contribution is 6.30. The number of piperidine rings is 1. The third-order valence-electron chi connectivity index (χ3n) is 3.81. The van der Waals surface area contributed by atoms with E-state index in [-0.39, 0.29) is 12.1 Å². The van der Waals surface area contributed by atoms with E-state index in [1.807, 2.05) is 30.9 Å². The van der Waals surface area contributed by atoms with Crippen molar-refractivity contribution in [2.24, 2.45) is 0 Å². The molecule has 1 unspecified atom stereocenters. The van der Waals surface area contributed by atoms with E-state index in [9.17, 15) is 4.79 Å². The topological polar surface area (TPSA) is 44.4 Å². The molecule has 0 aliphatic carbocycles. The normalized spacial score (nSPS) is 18.6. The highest BCUT2D eigenvalue weighted by atomic mass is 35.5. The lowest BCUT2D eigenvalue weighted by Gasteiger charge is -2.33. The summed E-state index contributed by atoms with van der Waals surface area (Å²) in [6.45, 7) is 5.89. The third-order valence-corrected chi connectivity index (χ3v) is 4.06. The molecule has 21 heavy (non-hydrogen) atoms. The molecular formula is C16H24ClN3O. The van der Waals surface area contributed by atoms with Crippen molar-refractivity contribution in [2.45, 2.75) is 45.2 Å². The van der Waals surface area contributed by atoms with Crippen LogP contribution in [0.5, 0.6) is 0 Å². The Balaban J connectivity index is 1.96. The SMILES string of the molecule is CC(C)N(CC1CCCCN1)C(=O)Nc1ccc(Cl)cc1. The summed E-state index contributed by atoms with van der Waals surface area (Å²) in [5.41, 5.74) is 0.770. The van der Waals surface area contributed by atoms with Crippen molar-refractivity contribution in [1.82, 2.24) is 10.2 Å². The monoisotopic (exact) mass is 309 g/mol. The van der Waals surface area contributed by atoms with Crippen molar-refractivity contribution in [3.8, 4) is 0 Å². The summed E-state index contributed by atoms with van der Waals surface area (Å²) in [6.07, 6.45) is 3.61. The lowest BCUT2D eigenvalue weighted by Crippen LogP contribution is -2.49. The fourth-order valence-electron chi connectivity index (χ4n) is 2.57. The molecule has 1 saturated heterocycles. The zero-order chi connectivity index (χ0) is 15.2. The molecule has 1 fully saturated rings. The predicted molar refractivity (Wildman–Crippen MR) is 88.0 cm³/mol. The smallest absolute Gasteiger partial charge is 0.321 e. The van der Waals surface area contributed by atoms with Crippen LogP contribution in [0.3, 0.4) is 0 Å². The van der Waals surface area contributed by atoms with Gasteiger partial charge in [-0.1, -0.05) is 18.0 Å². The molecule has 5 heteroatoms. The minimum Gasteiger partial charge on any atom is -0.321 e. The number of halogens is 1. The van der Waals surface area contributed by atoms with E-state index in [0.29, 0.717) is 11.1 Å². The van der Waals surface area contributed by atoms with Gasteiger partial charge in [-0.2, -0.15) is 0 Å². The van der Waals surface area contributed by atoms with Crippen molar-refractivity contribution in [3.63, 3.8) is 0 Å². The molecular weight excluding hydrogens is 286 g/mol. The second kappa shape index (κ2) is 7.66. The highest BCUT2D eigenvalue weighted by Crippen LogP contribution is 2.16. The molecule has 0 bridgehead atoms. The number of nitrogens with zero attached hydrogens (tertiary/aromatic N) is 1. The molecule has 4 nitrogen and oxygen atoms in total. The summed E-state index contributed by atoms with van der Waals surface area (Å²) < 4.78 is 0. The van der Waals surface area contributed by atoms with E-state index in [4.69, 9.17) is 11.6 Å². The molecule has 0 radical (unpaired) electrons. The fraction of sp³-hybridized carbons (Fsp3) is 0.562. The Bertz CT molecular complexity index is 455. The van der Waals surface area contributed by atoms with E-state index in [0.717, 1.165) is 25.2 Å². The summed E-state index contributed by atoms with van der Waals surface area (Å²) in [7, 11) is 0. The van der Waals surface area contributed by atoms with Crippen LogP contribution in [-0.4, -0.2) is 36.1 Å². The Hall–Kier alpha value is -1.26. The van der Waals surface area contributed by atoms with Crippen LogP contribution in [0.1, 0.15) is 33.1 Å². The van der Waals surface area contributed by atoms with E-state index < -0.39 is 0 Å². The van der Waals surface area contributed by atoms with Crippen LogP contribution < -0.4 is 10.6 Å². The zero-order valence-corrected chi connectivity index (χ0v) is 13.5. The molecule has 1 heterocycles. The lowest BCUT2D eigenvalue weighted by molar-refractivity contribution is 0.183. The Morgan fingerprint density at radius 2 is 2.10 bits per heavy atom. The van der Waals surface area contributed by atoms with E-state index in [1.54, 1.807) is 12.1 Å². The Labute approximate surface area is 131 Å². The van der Waals surface area contributed by atoms with Crippen molar-refractivity contribution in [2.75, 3.05) is 18.4 Å². The molecule has 2 rings (SSSR count). The van der Waals surface area contributed by atoms with Gasteiger partial charge in [-0.05, 0) is 57.5 Å². The van der Waals surface area contributed by atoms with Crippen molar-refractivity contribution in [3.05, 3.63) is 29.3 Å². The van der Waals surface area contributed by atoms with Crippen LogP contribution in [0, 0.1) is 0 Å². The first kappa shape index (κ1) is 16.1. The van der Waals surface area contributed by atoms with Gasteiger partial charge in [-0.3, -0.25) is 0 Å². The number of hydrogen-bond acceptors (Lipinski definition) is 2. The van der Waals surface area contributed by atoms with Gasteiger partial charge >= 0.3 is 6.03 Å². The average molecular weight is 310 g/mol. The number of anilines is 1. The predicted octanol–water partition coefficient (Wildman–Crippen LogP) is 3.72. The molecule has 0 aromatic heterocycles. The number of benzene rings is 1. The number of urea groups is 1. The maximum absolute atomic E-state index is 12.5. The number of rotatable bonds is 4. The number of amides is 2. The lowest BCUT2D eigenvalue weighted by atomic mass is 10.0. The van der Waals surface area contributed by atoms with Gasteiger partial charge in [-0.25, -0.2) is 4.79 Å². The van der Waals surface area contributed by atoms with Crippen molar-refractivity contribution < 1.29 is 4.79 Å². The first-order valence-corrected chi connectivity index (χ1v) is 8.00. The first-order chi connectivity index (χ1) is 10.1. The Morgan fingerprint density at radius 1 is 1.38 bits per heavy atom. The minimum atomic E-state index is -0.0558. The zero-order valence-electron chi connectivity index (χ0n) is 12.7. The molecule has 2 N–H and O–H groups in total. The second-order valence-corrected chi connectivity index (χ2v) is 6.27. The molecule has 0 saturated carbocycles. The Kier molecular flexibility index (Phi) is 5.88. The number of carbonyl (C=O) groups is 1. The fourth-order valence-corrected chi connectivity index (χ4v) is 2.70. The van der Waals surface area contributed by atoms with Gasteiger partial charge in [0.1, 0.15) is 0 Å². The molecule has 1 atom stereocenters. The van der Waals surface area contributed by atoms with Crippen molar-refractivity contribution in [1.29, 1.82) is 0 Å². The highest BCUT2D eigenvalue weighted by Gasteiger charge is 2.22. The standard InChI is InChI=1S/C16H24ClN3O/c1-12(2)20(11-15-5-3-4-10-18-15)16(21)19-14-8-6-13(17)7-9-14/h6-9,12,15,18H,3-5,10-11H2,1-2H3,(H,19,21). The summed E-state index contributed by atoms with van der Waals surface area (Å²) in [6, 6.07) is 7.70. The van der Waals surface area contributed by atoms with Crippen LogP contribution >= 0.6 is 11.6 Å². The summed E-state index contributed by atoms with van der Waals surface area (Å²) in [5, 5.41) is 7.10. The average Bonchev–Trinajstić information content (AvgIpc) is 2.48. The van der Waals surface area contributed by atoms with Crippen molar-refractivity contribution >= 4 is 23.3 Å². The number of carbonyl (C=O) groups excluding carboxylic acids is 1. The first-order valence-electron chi connectivity index (χ1n) is 7.63. The van der Waals surface area contributed by atoms with Gasteiger partial charge in [0.05, 0.1) is 0 Å². The molecule has 1 aliphatic heterocycles.